The van der Waals surface area contributed by atoms with Gasteiger partial charge in [0.05, 0.1) is 12.0 Å². The maximum atomic E-state index is 12.1. The summed E-state index contributed by atoms with van der Waals surface area (Å²) >= 11 is 0. The van der Waals surface area contributed by atoms with Crippen molar-refractivity contribution >= 4 is 11.7 Å². The quantitative estimate of drug-likeness (QED) is 0.567. The monoisotopic (exact) mass is 382 g/mol. The Morgan fingerprint density at radius 3 is 2.61 bits per heavy atom. The second-order valence-electron chi connectivity index (χ2n) is 6.34. The van der Waals surface area contributed by atoms with Crippen molar-refractivity contribution in [3.63, 3.8) is 0 Å². The Balaban J connectivity index is 1.45. The first-order valence-corrected chi connectivity index (χ1v) is 8.83. The number of aryl methyl sites for hydroxylation is 2. The number of anilines is 1. The highest BCUT2D eigenvalue weighted by molar-refractivity contribution is 5.75. The molecule has 0 atom stereocenters. The zero-order chi connectivity index (χ0) is 20.1. The third kappa shape index (κ3) is 4.58. The van der Waals surface area contributed by atoms with E-state index in [2.05, 4.69) is 30.9 Å². The van der Waals surface area contributed by atoms with Crippen LogP contribution in [-0.4, -0.2) is 48.5 Å². The Bertz CT molecular complexity index is 1020. The predicted octanol–water partition coefficient (Wildman–Crippen LogP) is 0.373. The number of amides is 1. The maximum absolute atomic E-state index is 12.1. The van der Waals surface area contributed by atoms with Crippen molar-refractivity contribution in [2.45, 2.75) is 27.3 Å². The van der Waals surface area contributed by atoms with Crippen molar-refractivity contribution in [3.8, 4) is 5.82 Å². The Morgan fingerprint density at radius 2 is 1.93 bits per heavy atom. The standard InChI is InChI=1S/C18H22N8O2/c1-12-6-9-26(24-12)16-5-4-15(22-23-16)19-7-8-20-17(27)10-25-11-21-14(3)13(2)18(25)28/h4-6,9,11H,7-8,10H2,1-3H3,(H,19,22)(H,20,27). The van der Waals surface area contributed by atoms with Gasteiger partial charge in [-0.3, -0.25) is 14.2 Å². The summed E-state index contributed by atoms with van der Waals surface area (Å²) in [5.41, 5.74) is 1.91. The normalized spacial score (nSPS) is 10.7. The minimum absolute atomic E-state index is 0.0647. The highest BCUT2D eigenvalue weighted by atomic mass is 16.2. The van der Waals surface area contributed by atoms with E-state index in [0.29, 0.717) is 36.0 Å². The van der Waals surface area contributed by atoms with E-state index >= 15 is 0 Å². The lowest BCUT2D eigenvalue weighted by Gasteiger charge is -2.09. The van der Waals surface area contributed by atoms with Gasteiger partial charge >= 0.3 is 0 Å². The van der Waals surface area contributed by atoms with Crippen LogP contribution in [0.3, 0.4) is 0 Å². The molecule has 0 aromatic carbocycles. The van der Waals surface area contributed by atoms with Crippen LogP contribution in [0, 0.1) is 20.8 Å². The number of nitrogens with zero attached hydrogens (tertiary/aromatic N) is 6. The van der Waals surface area contributed by atoms with Gasteiger partial charge in [-0.2, -0.15) is 5.10 Å². The molecule has 0 aliphatic rings. The number of carbonyl (C=O) groups excluding carboxylic acids is 1. The Morgan fingerprint density at radius 1 is 1.11 bits per heavy atom. The number of aromatic nitrogens is 6. The summed E-state index contributed by atoms with van der Waals surface area (Å²) in [4.78, 5) is 28.2. The first-order valence-electron chi connectivity index (χ1n) is 8.83. The molecule has 0 unspecified atom stereocenters. The van der Waals surface area contributed by atoms with E-state index in [1.165, 1.54) is 10.9 Å². The number of hydrogen-bond acceptors (Lipinski definition) is 7. The van der Waals surface area contributed by atoms with E-state index in [0.717, 1.165) is 5.69 Å². The van der Waals surface area contributed by atoms with Crippen LogP contribution in [0.4, 0.5) is 5.82 Å². The molecule has 0 saturated heterocycles. The Labute approximate surface area is 161 Å². The van der Waals surface area contributed by atoms with Gasteiger partial charge in [0.1, 0.15) is 12.4 Å². The summed E-state index contributed by atoms with van der Waals surface area (Å²) in [6.07, 6.45) is 3.21. The zero-order valence-corrected chi connectivity index (χ0v) is 16.0. The van der Waals surface area contributed by atoms with Crippen molar-refractivity contribution in [2.75, 3.05) is 18.4 Å². The van der Waals surface area contributed by atoms with Crippen LogP contribution in [0.5, 0.6) is 0 Å². The molecule has 0 saturated carbocycles. The molecule has 0 radical (unpaired) electrons. The summed E-state index contributed by atoms with van der Waals surface area (Å²) in [6.45, 7) is 6.15. The number of hydrogen-bond donors (Lipinski definition) is 2. The molecule has 3 heterocycles. The number of rotatable bonds is 7. The number of carbonyl (C=O) groups is 1. The first-order chi connectivity index (χ1) is 13.4. The van der Waals surface area contributed by atoms with Crippen LogP contribution in [0.15, 0.2) is 35.5 Å². The van der Waals surface area contributed by atoms with E-state index in [1.54, 1.807) is 30.7 Å². The highest BCUT2D eigenvalue weighted by Gasteiger charge is 2.08. The molecule has 146 valence electrons. The van der Waals surface area contributed by atoms with Gasteiger partial charge in [0.15, 0.2) is 5.82 Å². The molecule has 2 N–H and O–H groups in total. The van der Waals surface area contributed by atoms with Gasteiger partial charge in [-0.15, -0.1) is 10.2 Å². The van der Waals surface area contributed by atoms with Crippen LogP contribution < -0.4 is 16.2 Å². The molecule has 0 bridgehead atoms. The largest absolute Gasteiger partial charge is 0.367 e. The van der Waals surface area contributed by atoms with Gasteiger partial charge in [-0.25, -0.2) is 9.67 Å². The lowest BCUT2D eigenvalue weighted by Crippen LogP contribution is -2.35. The van der Waals surface area contributed by atoms with Gasteiger partial charge in [0.2, 0.25) is 5.91 Å². The summed E-state index contributed by atoms with van der Waals surface area (Å²) in [7, 11) is 0. The van der Waals surface area contributed by atoms with E-state index in [1.807, 2.05) is 19.2 Å². The molecule has 1 amide bonds. The second kappa shape index (κ2) is 8.42. The molecular weight excluding hydrogens is 360 g/mol. The lowest BCUT2D eigenvalue weighted by molar-refractivity contribution is -0.121. The smallest absolute Gasteiger partial charge is 0.256 e. The molecule has 10 heteroatoms. The van der Waals surface area contributed by atoms with Gasteiger partial charge in [-0.05, 0) is 39.0 Å². The SMILES string of the molecule is Cc1ccn(-c2ccc(NCCNC(=O)Cn3cnc(C)c(C)c3=O)nn2)n1. The lowest BCUT2D eigenvalue weighted by atomic mass is 10.3. The summed E-state index contributed by atoms with van der Waals surface area (Å²) < 4.78 is 2.95. The van der Waals surface area contributed by atoms with Crippen LogP contribution in [0.25, 0.3) is 5.82 Å². The third-order valence-corrected chi connectivity index (χ3v) is 4.19. The molecule has 3 aromatic heterocycles. The summed E-state index contributed by atoms with van der Waals surface area (Å²) in [6, 6.07) is 5.49. The first kappa shape index (κ1) is 19.2. The molecule has 3 rings (SSSR count). The van der Waals surface area contributed by atoms with E-state index < -0.39 is 0 Å². The van der Waals surface area contributed by atoms with E-state index in [9.17, 15) is 9.59 Å². The third-order valence-electron chi connectivity index (χ3n) is 4.19. The van der Waals surface area contributed by atoms with Crippen molar-refractivity contribution < 1.29 is 4.79 Å². The predicted molar refractivity (Wildman–Crippen MR) is 103 cm³/mol. The molecule has 0 fully saturated rings. The summed E-state index contributed by atoms with van der Waals surface area (Å²) in [5.74, 6) is 0.959. The molecule has 28 heavy (non-hydrogen) atoms. The van der Waals surface area contributed by atoms with Crippen molar-refractivity contribution in [1.29, 1.82) is 0 Å². The van der Waals surface area contributed by atoms with E-state index in [-0.39, 0.29) is 18.0 Å². The van der Waals surface area contributed by atoms with Gasteiger partial charge < -0.3 is 10.6 Å². The minimum Gasteiger partial charge on any atom is -0.367 e. The molecular formula is C18H22N8O2. The number of nitrogens with one attached hydrogen (secondary N) is 2. The Kier molecular flexibility index (Phi) is 5.78. The topological polar surface area (TPSA) is 120 Å². The van der Waals surface area contributed by atoms with Crippen LogP contribution in [0.2, 0.25) is 0 Å². The van der Waals surface area contributed by atoms with Crippen LogP contribution in [-0.2, 0) is 11.3 Å². The Hall–Kier alpha value is -3.56. The molecule has 0 aliphatic carbocycles. The fourth-order valence-corrected chi connectivity index (χ4v) is 2.48. The molecule has 10 nitrogen and oxygen atoms in total. The van der Waals surface area contributed by atoms with Crippen molar-refractivity contribution in [1.82, 2.24) is 34.8 Å². The van der Waals surface area contributed by atoms with Gasteiger partial charge in [0, 0.05) is 30.5 Å². The molecule has 0 spiro atoms. The average Bonchev–Trinajstić information content (AvgIpc) is 3.12. The van der Waals surface area contributed by atoms with Crippen LogP contribution >= 0.6 is 0 Å². The van der Waals surface area contributed by atoms with Crippen molar-refractivity contribution in [2.24, 2.45) is 0 Å². The van der Waals surface area contributed by atoms with Gasteiger partial charge in [0.25, 0.3) is 5.56 Å². The highest BCUT2D eigenvalue weighted by Crippen LogP contribution is 2.06. The molecule has 3 aromatic rings. The van der Waals surface area contributed by atoms with Crippen LogP contribution in [0.1, 0.15) is 17.0 Å². The average molecular weight is 382 g/mol. The second-order valence-corrected chi connectivity index (χ2v) is 6.34. The fraction of sp³-hybridized carbons (Fsp3) is 0.333. The van der Waals surface area contributed by atoms with E-state index in [4.69, 9.17) is 0 Å². The fourth-order valence-electron chi connectivity index (χ4n) is 2.48. The summed E-state index contributed by atoms with van der Waals surface area (Å²) in [5, 5.41) is 18.3. The van der Waals surface area contributed by atoms with Crippen molar-refractivity contribution in [3.05, 3.63) is 58.0 Å². The van der Waals surface area contributed by atoms with Gasteiger partial charge in [-0.1, -0.05) is 0 Å². The maximum Gasteiger partial charge on any atom is 0.256 e. The molecule has 0 aliphatic heterocycles. The zero-order valence-electron chi connectivity index (χ0n) is 16.0. The minimum atomic E-state index is -0.260.